The van der Waals surface area contributed by atoms with Gasteiger partial charge < -0.3 is 114 Å². The highest BCUT2D eigenvalue weighted by Gasteiger charge is 2.35. The lowest BCUT2D eigenvalue weighted by Crippen LogP contribution is -2.41. The number of carbonyl (C=O) groups excluding carboxylic acids is 10. The van der Waals surface area contributed by atoms with Crippen LogP contribution in [0.25, 0.3) is 0 Å². The number of thiophene rings is 1. The quantitative estimate of drug-likeness (QED) is 0.0123. The predicted molar refractivity (Wildman–Crippen MR) is 456 cm³/mol. The largest absolute Gasteiger partial charge is 0.491 e. The van der Waals surface area contributed by atoms with E-state index in [4.69, 9.17) is 59.9 Å². The minimum absolute atomic E-state index is 0.0226. The molecule has 0 saturated heterocycles. The zero-order chi connectivity index (χ0) is 87.8. The number of imidazole rings is 3. The molecule has 0 saturated carbocycles. The average Bonchev–Trinajstić information content (AvgIpc) is 1.60. The number of halogens is 1. The van der Waals surface area contributed by atoms with Crippen LogP contribution < -0.4 is 62.8 Å². The van der Waals surface area contributed by atoms with Crippen LogP contribution in [0.3, 0.4) is 0 Å². The number of rotatable bonds is 49. The lowest BCUT2D eigenvalue weighted by atomic mass is 9.99. The monoisotopic (exact) mass is 1730 g/mol. The first-order chi connectivity index (χ1) is 58.6. The molecule has 122 heavy (non-hydrogen) atoms. The van der Waals surface area contributed by atoms with Gasteiger partial charge in [-0.05, 0) is 81.3 Å². The molecule has 6 aromatic heterocycles. The number of aromatic nitrogens is 8. The van der Waals surface area contributed by atoms with Crippen LogP contribution in [0.2, 0.25) is 5.02 Å². The van der Waals surface area contributed by atoms with Gasteiger partial charge in [0.05, 0.1) is 109 Å². The van der Waals surface area contributed by atoms with Crippen molar-refractivity contribution in [3.63, 3.8) is 0 Å². The molecule has 40 nitrogen and oxygen atoms in total. The standard InChI is InChI=1S/C80H103ClN22O18S/c1-10-22-84-64(104)19-23-87-77(111)72-95-61(45-100(72)7)92-65(105)20-24-85-75(109)59-40-55(43-98(59)5)89-78(112)73-96-62(46-101(73)8)93-66(106)21-25-86-76(110)60-41-56(44-99(60)6)90-79(113)74-97-63(47-102(74)9)94-68(108)48-120-37-36-118-33-32-116-29-28-114-26-27-115-30-31-117-34-35-119-38-39-121-57-17-15-54(16-18-57)88-67(107)42-58-71(83)103(51(4)82)80-69(49(2)50(3)122-80)70(91-58)52-11-13-53(81)14-12-52/h11-18,40-41,43-47,58,82-83H,10,19-39,42,48H2,1-9H3,(H,84,104)(H,85,109)(H,86,110)(H,87,111)(H,88,107)(H,89,112)(H,90,113)(H,92,105)(H,93,106)(H,94,108)/t58-/m0/s1. The number of carbonyl (C=O) groups is 10. The Morgan fingerprint density at radius 2 is 0.893 bits per heavy atom. The highest BCUT2D eigenvalue weighted by Crippen LogP contribution is 2.40. The highest BCUT2D eigenvalue weighted by molar-refractivity contribution is 7.17. The van der Waals surface area contributed by atoms with Gasteiger partial charge in [0.1, 0.15) is 53.1 Å². The molecular weight excluding hydrogens is 1620 g/mol. The number of anilines is 7. The van der Waals surface area contributed by atoms with E-state index < -0.39 is 53.3 Å². The van der Waals surface area contributed by atoms with E-state index in [1.165, 1.54) is 77.3 Å². The van der Waals surface area contributed by atoms with Gasteiger partial charge in [0.15, 0.2) is 17.5 Å². The van der Waals surface area contributed by atoms with Gasteiger partial charge in [-0.2, -0.15) is 0 Å². The Labute approximate surface area is 712 Å². The second kappa shape index (κ2) is 47.0. The van der Waals surface area contributed by atoms with Gasteiger partial charge in [-0.3, -0.25) is 68.7 Å². The van der Waals surface area contributed by atoms with Crippen LogP contribution in [0, 0.1) is 24.7 Å². The fourth-order valence-electron chi connectivity index (χ4n) is 12.0. The Hall–Kier alpha value is -12.4. The van der Waals surface area contributed by atoms with Crippen molar-refractivity contribution in [1.82, 2.24) is 59.1 Å². The molecular formula is C80H103ClN22O18S. The number of ether oxygens (including phenoxy) is 8. The molecule has 1 aliphatic rings. The topological polar surface area (TPSA) is 491 Å². The maximum Gasteiger partial charge on any atom is 0.291 e. The average molecular weight is 1730 g/mol. The number of amidine groups is 2. The first-order valence-electron chi connectivity index (χ1n) is 39.1. The van der Waals surface area contributed by atoms with E-state index in [0.717, 1.165) is 33.0 Å². The van der Waals surface area contributed by atoms with Crippen LogP contribution in [0.5, 0.6) is 5.75 Å². The second-order valence-electron chi connectivity index (χ2n) is 27.7. The van der Waals surface area contributed by atoms with Crippen molar-refractivity contribution in [2.24, 2.45) is 40.2 Å². The fourth-order valence-corrected chi connectivity index (χ4v) is 13.3. The second-order valence-corrected chi connectivity index (χ2v) is 29.3. The summed E-state index contributed by atoms with van der Waals surface area (Å²) in [7, 11) is 7.87. The van der Waals surface area contributed by atoms with E-state index in [1.807, 2.05) is 32.9 Å². The lowest BCUT2D eigenvalue weighted by Gasteiger charge is -2.24. The van der Waals surface area contributed by atoms with Gasteiger partial charge in [0.2, 0.25) is 41.1 Å². The van der Waals surface area contributed by atoms with E-state index in [2.05, 4.69) is 68.1 Å². The Morgan fingerprint density at radius 3 is 1.35 bits per heavy atom. The van der Waals surface area contributed by atoms with Crippen LogP contribution in [0.15, 0.2) is 96.6 Å². The molecule has 10 amide bonds. The molecule has 0 unspecified atom stereocenters. The van der Waals surface area contributed by atoms with Gasteiger partial charge in [-0.1, -0.05) is 30.7 Å². The number of nitrogens with one attached hydrogen (secondary N) is 12. The summed E-state index contributed by atoms with van der Waals surface area (Å²) in [6.07, 6.45) is 7.80. The smallest absolute Gasteiger partial charge is 0.291 e. The Balaban J connectivity index is 0.543. The Morgan fingerprint density at radius 1 is 0.467 bits per heavy atom. The van der Waals surface area contributed by atoms with Crippen molar-refractivity contribution in [1.29, 1.82) is 10.8 Å². The van der Waals surface area contributed by atoms with Crippen molar-refractivity contribution in [2.75, 3.05) is 162 Å². The van der Waals surface area contributed by atoms with E-state index in [-0.39, 0.29) is 146 Å². The molecule has 0 fully saturated rings. The van der Waals surface area contributed by atoms with Crippen LogP contribution in [0.1, 0.15) is 120 Å². The summed E-state index contributed by atoms with van der Waals surface area (Å²) in [5.74, 6) is -3.98. The fraction of sp³-hybridized carbons (Fsp3) is 0.425. The van der Waals surface area contributed by atoms with Crippen molar-refractivity contribution in [3.8, 4) is 5.75 Å². The predicted octanol–water partition coefficient (Wildman–Crippen LogP) is 5.73. The van der Waals surface area contributed by atoms with Crippen LogP contribution in [-0.4, -0.2) is 246 Å². The van der Waals surface area contributed by atoms with Crippen molar-refractivity contribution in [3.05, 3.63) is 147 Å². The number of amides is 10. The molecule has 1 aliphatic heterocycles. The summed E-state index contributed by atoms with van der Waals surface area (Å²) in [6, 6.07) is 16.3. The summed E-state index contributed by atoms with van der Waals surface area (Å²) >= 11 is 7.72. The molecule has 8 aromatic rings. The van der Waals surface area contributed by atoms with Crippen LogP contribution in [0.4, 0.5) is 39.5 Å². The summed E-state index contributed by atoms with van der Waals surface area (Å²) in [4.78, 5) is 150. The first-order valence-corrected chi connectivity index (χ1v) is 40.3. The SMILES string of the molecule is CCCNC(=O)CCNC(=O)c1nc(NC(=O)CCNC(=O)c2cc(NC(=O)c3nc(NC(=O)CCNC(=O)c4cc(NC(=O)c5nc(NC(=O)COCCOCCOCCOCCOCCOCCOCCOc6ccc(NC(=O)C[C@@H]7N=C(c8ccc(Cl)cc8)c8c(sc(C)c8C)N(C(C)=N)C7=N)cc6)cn5C)cn4C)cn3C)cn2C)cn1C. The van der Waals surface area contributed by atoms with Crippen molar-refractivity contribution < 1.29 is 85.8 Å². The number of aliphatic imine (C=N–C) groups is 1. The Bertz CT molecular complexity index is 5030. The molecule has 42 heteroatoms. The zero-order valence-electron chi connectivity index (χ0n) is 69.3. The minimum atomic E-state index is -0.865. The van der Waals surface area contributed by atoms with Gasteiger partial charge in [-0.25, -0.2) is 15.0 Å². The maximum atomic E-state index is 13.5. The van der Waals surface area contributed by atoms with Crippen LogP contribution >= 0.6 is 22.9 Å². The summed E-state index contributed by atoms with van der Waals surface area (Å²) < 4.78 is 51.9. The van der Waals surface area contributed by atoms with Gasteiger partial charge in [-0.15, -0.1) is 11.3 Å². The normalized spacial score (nSPS) is 12.4. The van der Waals surface area contributed by atoms with Crippen LogP contribution in [-0.2, 0) is 92.4 Å². The van der Waals surface area contributed by atoms with E-state index in [1.54, 1.807) is 83.5 Å². The number of aryl methyl sites for hydroxylation is 6. The summed E-state index contributed by atoms with van der Waals surface area (Å²) in [6.45, 7) is 12.3. The number of nitrogens with zero attached hydrogens (tertiary/aromatic N) is 10. The van der Waals surface area contributed by atoms with E-state index in [0.29, 0.717) is 108 Å². The molecule has 654 valence electrons. The maximum absolute atomic E-state index is 13.5. The lowest BCUT2D eigenvalue weighted by molar-refractivity contribution is -0.121. The number of hydrogen-bond acceptors (Lipinski definition) is 25. The third-order valence-electron chi connectivity index (χ3n) is 18.1. The third kappa shape index (κ3) is 28.4. The number of benzene rings is 2. The molecule has 1 atom stereocenters. The van der Waals surface area contributed by atoms with Gasteiger partial charge in [0.25, 0.3) is 35.4 Å². The summed E-state index contributed by atoms with van der Waals surface area (Å²) in [5, 5.41) is 45.8. The molecule has 9 rings (SSSR count). The third-order valence-corrected chi connectivity index (χ3v) is 19.5. The first kappa shape index (κ1) is 93.5. The summed E-state index contributed by atoms with van der Waals surface area (Å²) in [5.41, 5.74) is 4.66. The Kier molecular flexibility index (Phi) is 36.0. The molecule has 2 aromatic carbocycles. The highest BCUT2D eigenvalue weighted by atomic mass is 35.5. The van der Waals surface area contributed by atoms with Crippen molar-refractivity contribution in [2.45, 2.75) is 65.8 Å². The van der Waals surface area contributed by atoms with E-state index >= 15 is 0 Å². The van der Waals surface area contributed by atoms with Gasteiger partial charge >= 0.3 is 0 Å². The molecule has 12 N–H and O–H groups in total. The molecule has 0 bridgehead atoms. The van der Waals surface area contributed by atoms with Gasteiger partial charge in [0, 0.05) is 138 Å². The van der Waals surface area contributed by atoms with E-state index in [9.17, 15) is 53.4 Å². The minimum Gasteiger partial charge on any atom is -0.491 e. The molecule has 0 radical (unpaired) electrons. The number of hydrogen-bond donors (Lipinski definition) is 12. The molecule has 0 aliphatic carbocycles. The molecule has 0 spiro atoms. The number of fused-ring (bicyclic) bond motifs is 1. The molecule has 7 heterocycles. The zero-order valence-corrected chi connectivity index (χ0v) is 70.9. The van der Waals surface area contributed by atoms with Crippen molar-refractivity contribution >= 4 is 139 Å².